The minimum atomic E-state index is -0.179. The average Bonchev–Trinajstić information content (AvgIpc) is 1.94. The van der Waals surface area contributed by atoms with Crippen molar-refractivity contribution >= 4 is 23.2 Å². The molecule has 0 saturated carbocycles. The maximum atomic E-state index is 5.81. The van der Waals surface area contributed by atoms with Crippen LogP contribution in [0.25, 0.3) is 0 Å². The van der Waals surface area contributed by atoms with Crippen LogP contribution in [0.1, 0.15) is 18.7 Å². The Hall–Kier alpha value is 0.378. The Morgan fingerprint density at radius 1 is 1.50 bits per heavy atom. The molecule has 0 aliphatic rings. The summed E-state index contributed by atoms with van der Waals surface area (Å²) < 4.78 is 0. The Morgan fingerprint density at radius 3 is 2.50 bits per heavy atom. The Balaban J connectivity index is 0.00000121. The first-order valence-electron chi connectivity index (χ1n) is 3.18. The van der Waals surface area contributed by atoms with Gasteiger partial charge in [0.2, 0.25) is 0 Å². The van der Waals surface area contributed by atoms with Crippen LogP contribution in [0.2, 0.25) is 10.0 Å². The number of nitrogens with zero attached hydrogens (tertiary/aromatic N) is 1. The molecule has 0 aliphatic carbocycles. The third-order valence-corrected chi connectivity index (χ3v) is 2.11. The molecule has 0 saturated heterocycles. The molecule has 2 nitrogen and oxygen atoms in total. The number of hydrogen-bond acceptors (Lipinski definition) is 2. The SMILES string of the molecule is CC(N)c1nccc(Cl)c1Cl.[Pt]. The van der Waals surface area contributed by atoms with E-state index in [0.29, 0.717) is 15.7 Å². The first kappa shape index (κ1) is 12.4. The Labute approximate surface area is 95.7 Å². The maximum Gasteiger partial charge on any atom is 0.0823 e. The molecule has 0 fully saturated rings. The van der Waals surface area contributed by atoms with Gasteiger partial charge in [-0.3, -0.25) is 4.98 Å². The minimum absolute atomic E-state index is 0. The summed E-state index contributed by atoms with van der Waals surface area (Å²) >= 11 is 11.5. The van der Waals surface area contributed by atoms with Gasteiger partial charge in [-0.1, -0.05) is 23.2 Å². The monoisotopic (exact) mass is 385 g/mol. The molecule has 0 radical (unpaired) electrons. The molecule has 0 amide bonds. The molecule has 1 unspecified atom stereocenters. The zero-order chi connectivity index (χ0) is 8.43. The Morgan fingerprint density at radius 2 is 2.08 bits per heavy atom. The van der Waals surface area contributed by atoms with Crippen molar-refractivity contribution in [2.75, 3.05) is 0 Å². The topological polar surface area (TPSA) is 38.9 Å². The molecule has 0 spiro atoms. The second-order valence-corrected chi connectivity index (χ2v) is 3.07. The van der Waals surface area contributed by atoms with Crippen molar-refractivity contribution in [3.8, 4) is 0 Å². The van der Waals surface area contributed by atoms with Gasteiger partial charge in [0.15, 0.2) is 0 Å². The fraction of sp³-hybridized carbons (Fsp3) is 0.286. The maximum absolute atomic E-state index is 5.81. The third kappa shape index (κ3) is 2.70. The Bertz CT molecular complexity index is 266. The van der Waals surface area contributed by atoms with E-state index in [2.05, 4.69) is 4.98 Å². The molecule has 70 valence electrons. The average molecular weight is 386 g/mol. The molecule has 0 bridgehead atoms. The predicted octanol–water partition coefficient (Wildman–Crippen LogP) is 2.41. The van der Waals surface area contributed by atoms with E-state index < -0.39 is 0 Å². The van der Waals surface area contributed by atoms with Crippen molar-refractivity contribution in [1.29, 1.82) is 0 Å². The van der Waals surface area contributed by atoms with E-state index in [-0.39, 0.29) is 27.1 Å². The number of hydrogen-bond donors (Lipinski definition) is 1. The molecule has 1 rings (SSSR count). The molecule has 0 aliphatic heterocycles. The summed E-state index contributed by atoms with van der Waals surface area (Å²) in [5.74, 6) is 0. The van der Waals surface area contributed by atoms with Crippen molar-refractivity contribution in [3.63, 3.8) is 0 Å². The van der Waals surface area contributed by atoms with E-state index in [0.717, 1.165) is 0 Å². The standard InChI is InChI=1S/C7H8Cl2N2.Pt/c1-4(10)7-6(9)5(8)2-3-11-7;/h2-4H,10H2,1H3;. The van der Waals surface area contributed by atoms with Gasteiger partial charge in [0, 0.05) is 33.3 Å². The molecule has 1 aromatic heterocycles. The van der Waals surface area contributed by atoms with E-state index in [1.54, 1.807) is 12.3 Å². The van der Waals surface area contributed by atoms with Gasteiger partial charge in [-0.05, 0) is 13.0 Å². The second kappa shape index (κ2) is 5.18. The van der Waals surface area contributed by atoms with Crippen LogP contribution in [-0.2, 0) is 21.1 Å². The van der Waals surface area contributed by atoms with Crippen LogP contribution in [0, 0.1) is 0 Å². The summed E-state index contributed by atoms with van der Waals surface area (Å²) in [6.07, 6.45) is 1.59. The number of pyridine rings is 1. The van der Waals surface area contributed by atoms with Gasteiger partial charge in [0.25, 0.3) is 0 Å². The second-order valence-electron chi connectivity index (χ2n) is 2.28. The van der Waals surface area contributed by atoms with Crippen LogP contribution in [-0.4, -0.2) is 4.98 Å². The van der Waals surface area contributed by atoms with E-state index in [9.17, 15) is 0 Å². The normalized spacial score (nSPS) is 12.0. The summed E-state index contributed by atoms with van der Waals surface area (Å²) in [6.45, 7) is 1.81. The number of rotatable bonds is 1. The van der Waals surface area contributed by atoms with Gasteiger partial charge < -0.3 is 5.73 Å². The molecular weight excluding hydrogens is 378 g/mol. The molecule has 2 N–H and O–H groups in total. The van der Waals surface area contributed by atoms with Gasteiger partial charge in [-0.15, -0.1) is 0 Å². The smallest absolute Gasteiger partial charge is 0.0823 e. The van der Waals surface area contributed by atoms with Crippen LogP contribution >= 0.6 is 23.2 Å². The first-order chi connectivity index (χ1) is 5.13. The summed E-state index contributed by atoms with van der Waals surface area (Å²) in [5, 5.41) is 0.943. The van der Waals surface area contributed by atoms with Gasteiger partial charge >= 0.3 is 0 Å². The van der Waals surface area contributed by atoms with Crippen molar-refractivity contribution in [2.24, 2.45) is 5.73 Å². The zero-order valence-corrected chi connectivity index (χ0v) is 10.1. The summed E-state index contributed by atoms with van der Waals surface area (Å²) in [7, 11) is 0. The van der Waals surface area contributed by atoms with E-state index in [1.165, 1.54) is 0 Å². The van der Waals surface area contributed by atoms with Crippen LogP contribution in [0.4, 0.5) is 0 Å². The zero-order valence-electron chi connectivity index (χ0n) is 6.33. The van der Waals surface area contributed by atoms with E-state index in [4.69, 9.17) is 28.9 Å². The van der Waals surface area contributed by atoms with Crippen LogP contribution < -0.4 is 5.73 Å². The van der Waals surface area contributed by atoms with Crippen molar-refractivity contribution in [3.05, 3.63) is 28.0 Å². The summed E-state index contributed by atoms with van der Waals surface area (Å²) in [4.78, 5) is 4.00. The summed E-state index contributed by atoms with van der Waals surface area (Å²) in [5.41, 5.74) is 6.22. The fourth-order valence-electron chi connectivity index (χ4n) is 0.753. The molecule has 0 aromatic carbocycles. The van der Waals surface area contributed by atoms with Crippen molar-refractivity contribution in [1.82, 2.24) is 4.98 Å². The predicted molar refractivity (Wildman–Crippen MR) is 46.9 cm³/mol. The van der Waals surface area contributed by atoms with Crippen molar-refractivity contribution in [2.45, 2.75) is 13.0 Å². The number of nitrogens with two attached hydrogens (primary N) is 1. The molecule has 1 aromatic rings. The van der Waals surface area contributed by atoms with Crippen molar-refractivity contribution < 1.29 is 21.1 Å². The largest absolute Gasteiger partial charge is 0.323 e. The fourth-order valence-corrected chi connectivity index (χ4v) is 1.19. The molecule has 12 heavy (non-hydrogen) atoms. The van der Waals surface area contributed by atoms with Gasteiger partial charge in [0.05, 0.1) is 15.7 Å². The molecule has 1 atom stereocenters. The molecular formula is C7H8Cl2N2Pt. The van der Waals surface area contributed by atoms with Gasteiger partial charge in [-0.2, -0.15) is 0 Å². The molecule has 5 heteroatoms. The number of aromatic nitrogens is 1. The molecule has 1 heterocycles. The van der Waals surface area contributed by atoms with Gasteiger partial charge in [-0.25, -0.2) is 0 Å². The van der Waals surface area contributed by atoms with Crippen LogP contribution in [0.5, 0.6) is 0 Å². The minimum Gasteiger partial charge on any atom is -0.323 e. The van der Waals surface area contributed by atoms with Gasteiger partial charge in [0.1, 0.15) is 0 Å². The first-order valence-corrected chi connectivity index (χ1v) is 3.94. The third-order valence-electron chi connectivity index (χ3n) is 1.30. The van der Waals surface area contributed by atoms with Crippen LogP contribution in [0.3, 0.4) is 0 Å². The van der Waals surface area contributed by atoms with E-state index in [1.807, 2.05) is 6.92 Å². The summed E-state index contributed by atoms with van der Waals surface area (Å²) in [6, 6.07) is 1.46. The number of halogens is 2. The van der Waals surface area contributed by atoms with Crippen LogP contribution in [0.15, 0.2) is 12.3 Å². The Kier molecular flexibility index (Phi) is 5.35. The van der Waals surface area contributed by atoms with E-state index >= 15 is 0 Å². The quantitative estimate of drug-likeness (QED) is 0.806.